The van der Waals surface area contributed by atoms with Gasteiger partial charge in [-0.25, -0.2) is 13.8 Å². The Balaban J connectivity index is 1.10. The summed E-state index contributed by atoms with van der Waals surface area (Å²) >= 11 is 0. The molecule has 224 valence electrons. The van der Waals surface area contributed by atoms with Gasteiger partial charge in [-0.1, -0.05) is 36.4 Å². The Morgan fingerprint density at radius 3 is 2.41 bits per heavy atom. The van der Waals surface area contributed by atoms with Crippen molar-refractivity contribution in [2.24, 2.45) is 4.99 Å². The van der Waals surface area contributed by atoms with E-state index in [1.807, 2.05) is 18.2 Å². The minimum atomic E-state index is -1.56. The van der Waals surface area contributed by atoms with Crippen LogP contribution in [-0.2, 0) is 10.3 Å². The van der Waals surface area contributed by atoms with Gasteiger partial charge in [0.2, 0.25) is 6.79 Å². The third kappa shape index (κ3) is 5.21. The Labute approximate surface area is 254 Å². The van der Waals surface area contributed by atoms with E-state index in [1.54, 1.807) is 41.4 Å². The Morgan fingerprint density at radius 2 is 1.64 bits per heavy atom. The minimum Gasteiger partial charge on any atom is -0.454 e. The van der Waals surface area contributed by atoms with Crippen LogP contribution in [0.4, 0.5) is 8.78 Å². The predicted molar refractivity (Wildman–Crippen MR) is 162 cm³/mol. The number of amides is 1. The molecule has 0 radical (unpaired) electrons. The van der Waals surface area contributed by atoms with Crippen LogP contribution in [0.3, 0.4) is 0 Å². The highest BCUT2D eigenvalue weighted by Gasteiger charge is 2.51. The van der Waals surface area contributed by atoms with E-state index in [9.17, 15) is 13.6 Å². The van der Waals surface area contributed by atoms with Crippen LogP contribution in [0.25, 0.3) is 0 Å². The monoisotopic (exact) mass is 594 g/mol. The van der Waals surface area contributed by atoms with Gasteiger partial charge in [-0.2, -0.15) is 0 Å². The van der Waals surface area contributed by atoms with Gasteiger partial charge < -0.3 is 14.4 Å². The van der Waals surface area contributed by atoms with Crippen molar-refractivity contribution in [1.29, 1.82) is 0 Å². The van der Waals surface area contributed by atoms with Crippen molar-refractivity contribution in [3.05, 3.63) is 125 Å². The molecule has 0 N–H and O–H groups in total. The number of fused-ring (bicyclic) bond motifs is 1. The Kier molecular flexibility index (Phi) is 7.56. The lowest BCUT2D eigenvalue weighted by molar-refractivity contribution is -0.130. The van der Waals surface area contributed by atoms with Gasteiger partial charge in [-0.3, -0.25) is 14.7 Å². The molecule has 1 saturated heterocycles. The van der Waals surface area contributed by atoms with Gasteiger partial charge in [0, 0.05) is 12.7 Å². The first-order valence-corrected chi connectivity index (χ1v) is 15.0. The second kappa shape index (κ2) is 11.8. The molecule has 1 aromatic heterocycles. The third-order valence-electron chi connectivity index (χ3n) is 8.79. The first kappa shape index (κ1) is 28.2. The van der Waals surface area contributed by atoms with Crippen molar-refractivity contribution in [1.82, 2.24) is 14.8 Å². The predicted octanol–water partition coefficient (Wildman–Crippen LogP) is 5.89. The number of aliphatic imine (C=N–C) groups is 1. The topological polar surface area (TPSA) is 67.3 Å². The van der Waals surface area contributed by atoms with Gasteiger partial charge in [-0.05, 0) is 110 Å². The van der Waals surface area contributed by atoms with Crippen LogP contribution in [0.15, 0.2) is 96.1 Å². The molecular formula is C35H32F2N4O3. The summed E-state index contributed by atoms with van der Waals surface area (Å²) in [5, 5.41) is 0. The number of carbonyl (C=O) groups excluding carboxylic acids is 1. The van der Waals surface area contributed by atoms with Crippen LogP contribution in [0.1, 0.15) is 47.6 Å². The number of benzene rings is 3. The lowest BCUT2D eigenvalue weighted by Gasteiger charge is -2.33. The molecular weight excluding hydrogens is 562 g/mol. The molecule has 1 unspecified atom stereocenters. The maximum absolute atomic E-state index is 14.6. The standard InChI is InChI=1S/C35H32F2N4O3/c36-28-11-9-26(10-12-28)35(27-5-3-6-29(37)22-27)34(42)41(33(39-35)30-7-1-2-16-38-30)18-4-17-40-19-14-24(15-20-40)25-8-13-31-32(21-25)44-23-43-31/h1-3,5-13,16,21-22,24H,4,14-15,17-20,23H2. The summed E-state index contributed by atoms with van der Waals surface area (Å²) in [6, 6.07) is 23.3. The van der Waals surface area contributed by atoms with Gasteiger partial charge >= 0.3 is 0 Å². The summed E-state index contributed by atoms with van der Waals surface area (Å²) in [7, 11) is 0. The maximum atomic E-state index is 14.6. The van der Waals surface area contributed by atoms with Crippen LogP contribution in [-0.4, -0.2) is 59.5 Å². The van der Waals surface area contributed by atoms with Crippen molar-refractivity contribution in [2.45, 2.75) is 30.7 Å². The van der Waals surface area contributed by atoms with E-state index in [2.05, 4.69) is 22.0 Å². The van der Waals surface area contributed by atoms with Crippen molar-refractivity contribution in [3.63, 3.8) is 0 Å². The highest BCUT2D eigenvalue weighted by Crippen LogP contribution is 2.42. The number of ether oxygens (including phenoxy) is 2. The summed E-state index contributed by atoms with van der Waals surface area (Å²) in [6.45, 7) is 3.41. The van der Waals surface area contributed by atoms with Crippen LogP contribution in [0.5, 0.6) is 11.5 Å². The number of piperidine rings is 1. The first-order chi connectivity index (χ1) is 21.5. The number of nitrogens with zero attached hydrogens (tertiary/aromatic N) is 4. The van der Waals surface area contributed by atoms with Gasteiger partial charge in [0.15, 0.2) is 22.9 Å². The van der Waals surface area contributed by atoms with E-state index in [-0.39, 0.29) is 12.7 Å². The van der Waals surface area contributed by atoms with Gasteiger partial charge in [0.05, 0.1) is 0 Å². The van der Waals surface area contributed by atoms with Gasteiger partial charge in [0.25, 0.3) is 5.91 Å². The average Bonchev–Trinajstić information content (AvgIpc) is 3.65. The number of rotatable bonds is 8. The van der Waals surface area contributed by atoms with Crippen LogP contribution in [0.2, 0.25) is 0 Å². The fourth-order valence-electron chi connectivity index (χ4n) is 6.51. The van der Waals surface area contributed by atoms with E-state index in [0.717, 1.165) is 50.4 Å². The lowest BCUT2D eigenvalue weighted by Crippen LogP contribution is -2.43. The summed E-state index contributed by atoms with van der Waals surface area (Å²) in [6.07, 6.45) is 4.45. The minimum absolute atomic E-state index is 0.275. The molecule has 0 aliphatic carbocycles. The molecule has 0 saturated carbocycles. The number of amidine groups is 1. The molecule has 0 spiro atoms. The van der Waals surface area contributed by atoms with Crippen LogP contribution in [0, 0.1) is 11.6 Å². The molecule has 44 heavy (non-hydrogen) atoms. The average molecular weight is 595 g/mol. The molecule has 3 aromatic carbocycles. The summed E-state index contributed by atoms with van der Waals surface area (Å²) < 4.78 is 39.6. The summed E-state index contributed by atoms with van der Waals surface area (Å²) in [5.74, 6) is 1.29. The van der Waals surface area contributed by atoms with E-state index < -0.39 is 17.2 Å². The van der Waals surface area contributed by atoms with Crippen molar-refractivity contribution in [3.8, 4) is 11.5 Å². The van der Waals surface area contributed by atoms with E-state index in [0.29, 0.717) is 35.1 Å². The molecule has 7 rings (SSSR count). The van der Waals surface area contributed by atoms with Gasteiger partial charge in [-0.15, -0.1) is 0 Å². The Hall–Kier alpha value is -4.63. The zero-order chi connectivity index (χ0) is 30.1. The first-order valence-electron chi connectivity index (χ1n) is 15.0. The Bertz CT molecular complexity index is 1690. The fourth-order valence-corrected chi connectivity index (χ4v) is 6.51. The largest absolute Gasteiger partial charge is 0.454 e. The van der Waals surface area contributed by atoms with E-state index in [1.165, 1.54) is 29.8 Å². The number of hydrogen-bond donors (Lipinski definition) is 0. The number of aromatic nitrogens is 1. The van der Waals surface area contributed by atoms with E-state index in [4.69, 9.17) is 14.5 Å². The maximum Gasteiger partial charge on any atom is 0.265 e. The molecule has 4 aromatic rings. The third-order valence-corrected chi connectivity index (χ3v) is 8.79. The molecule has 7 nitrogen and oxygen atoms in total. The number of halogens is 2. The molecule has 1 amide bonds. The number of likely N-dealkylation sites (tertiary alicyclic amines) is 1. The second-order valence-electron chi connectivity index (χ2n) is 11.4. The second-order valence-corrected chi connectivity index (χ2v) is 11.4. The SMILES string of the molecule is O=C1N(CCCN2CCC(c3ccc4c(c3)OCO4)CC2)C(c2ccccn2)=NC1(c1ccc(F)cc1)c1cccc(F)c1. The van der Waals surface area contributed by atoms with Crippen molar-refractivity contribution >= 4 is 11.7 Å². The van der Waals surface area contributed by atoms with Crippen LogP contribution >= 0.6 is 0 Å². The molecule has 3 aliphatic heterocycles. The number of carbonyl (C=O) groups is 1. The highest BCUT2D eigenvalue weighted by molar-refractivity contribution is 6.16. The summed E-state index contributed by atoms with van der Waals surface area (Å²) in [5.41, 5.74) is 1.12. The normalized spacial score (nSPS) is 20.3. The molecule has 9 heteroatoms. The molecule has 0 bridgehead atoms. The zero-order valence-corrected chi connectivity index (χ0v) is 24.2. The molecule has 1 atom stereocenters. The highest BCUT2D eigenvalue weighted by atomic mass is 19.1. The fraction of sp³-hybridized carbons (Fsp3) is 0.286. The van der Waals surface area contributed by atoms with Crippen molar-refractivity contribution in [2.75, 3.05) is 33.0 Å². The zero-order valence-electron chi connectivity index (χ0n) is 24.2. The van der Waals surface area contributed by atoms with Crippen molar-refractivity contribution < 1.29 is 23.0 Å². The lowest BCUT2D eigenvalue weighted by atomic mass is 9.82. The molecule has 3 aliphatic rings. The quantitative estimate of drug-likeness (QED) is 0.255. The Morgan fingerprint density at radius 1 is 0.818 bits per heavy atom. The van der Waals surface area contributed by atoms with Crippen LogP contribution < -0.4 is 9.47 Å². The number of pyridine rings is 1. The smallest absolute Gasteiger partial charge is 0.265 e. The number of hydrogen-bond acceptors (Lipinski definition) is 6. The van der Waals surface area contributed by atoms with Gasteiger partial charge in [0.1, 0.15) is 17.3 Å². The molecule has 4 heterocycles. The van der Waals surface area contributed by atoms with E-state index >= 15 is 0 Å². The summed E-state index contributed by atoms with van der Waals surface area (Å²) in [4.78, 5) is 28.1. The molecule has 1 fully saturated rings.